The Hall–Kier alpha value is -2.21. The summed E-state index contributed by atoms with van der Waals surface area (Å²) < 4.78 is 10.4. The van der Waals surface area contributed by atoms with Crippen LogP contribution in [-0.4, -0.2) is 17.5 Å². The maximum atomic E-state index is 11.2. The van der Waals surface area contributed by atoms with Crippen LogP contribution in [-0.2, 0) is 11.3 Å². The molecule has 0 radical (unpaired) electrons. The summed E-state index contributed by atoms with van der Waals surface area (Å²) in [5.41, 5.74) is 1.28. The molecular weight excluding hydrogens is 270 g/mol. The van der Waals surface area contributed by atoms with Gasteiger partial charge in [0.05, 0.1) is 29.1 Å². The van der Waals surface area contributed by atoms with Gasteiger partial charge in [-0.15, -0.1) is 0 Å². The quantitative estimate of drug-likeness (QED) is 0.901. The Bertz CT molecular complexity index is 613. The van der Waals surface area contributed by atoms with Gasteiger partial charge in [-0.2, -0.15) is 0 Å². The van der Waals surface area contributed by atoms with E-state index in [9.17, 15) is 4.79 Å². The van der Waals surface area contributed by atoms with Gasteiger partial charge in [0.15, 0.2) is 13.0 Å². The number of nitrogens with zero attached hydrogens (tertiary/aromatic N) is 1. The van der Waals surface area contributed by atoms with Crippen molar-refractivity contribution in [2.75, 3.05) is 17.2 Å². The van der Waals surface area contributed by atoms with E-state index >= 15 is 0 Å². The number of rotatable bonds is 3. The van der Waals surface area contributed by atoms with Crippen LogP contribution >= 0.6 is 11.6 Å². The molecule has 2 heterocycles. The second-order valence-electron chi connectivity index (χ2n) is 3.99. The number of amides is 1. The molecule has 1 aliphatic heterocycles. The molecule has 0 aliphatic carbocycles. The summed E-state index contributed by atoms with van der Waals surface area (Å²) in [5.74, 6) is 1.10. The van der Waals surface area contributed by atoms with Crippen LogP contribution in [0.5, 0.6) is 5.75 Å². The van der Waals surface area contributed by atoms with Gasteiger partial charge in [-0.25, -0.2) is 4.98 Å². The molecule has 1 aliphatic rings. The maximum Gasteiger partial charge on any atom is 0.262 e. The lowest BCUT2D eigenvalue weighted by Gasteiger charge is -2.19. The van der Waals surface area contributed by atoms with Crippen molar-refractivity contribution in [3.63, 3.8) is 0 Å². The first-order valence-corrected chi connectivity index (χ1v) is 5.97. The van der Waals surface area contributed by atoms with Crippen molar-refractivity contribution in [3.05, 3.63) is 35.5 Å². The second-order valence-corrected chi connectivity index (χ2v) is 4.39. The van der Waals surface area contributed by atoms with Crippen LogP contribution in [0.3, 0.4) is 0 Å². The highest BCUT2D eigenvalue weighted by atomic mass is 35.5. The molecule has 1 amide bonds. The molecule has 1 aromatic carbocycles. The monoisotopic (exact) mass is 279 g/mol. The van der Waals surface area contributed by atoms with Crippen molar-refractivity contribution < 1.29 is 13.9 Å². The van der Waals surface area contributed by atoms with E-state index in [-0.39, 0.29) is 12.5 Å². The highest BCUT2D eigenvalue weighted by molar-refractivity contribution is 6.33. The van der Waals surface area contributed by atoms with E-state index in [0.29, 0.717) is 34.5 Å². The van der Waals surface area contributed by atoms with Gasteiger partial charge in [0.25, 0.3) is 5.91 Å². The fourth-order valence-electron chi connectivity index (χ4n) is 1.75. The van der Waals surface area contributed by atoms with Crippen LogP contribution in [0.15, 0.2) is 29.1 Å². The molecule has 2 aromatic rings. The number of aromatic nitrogens is 1. The fraction of sp³-hybridized carbons (Fsp3) is 0.167. The van der Waals surface area contributed by atoms with Crippen molar-refractivity contribution in [1.82, 2.24) is 4.98 Å². The molecule has 0 atom stereocenters. The van der Waals surface area contributed by atoms with Gasteiger partial charge in [0, 0.05) is 6.07 Å². The van der Waals surface area contributed by atoms with Crippen LogP contribution in [0.4, 0.5) is 11.4 Å². The van der Waals surface area contributed by atoms with Crippen LogP contribution in [0, 0.1) is 0 Å². The smallest absolute Gasteiger partial charge is 0.262 e. The van der Waals surface area contributed by atoms with E-state index in [1.165, 1.54) is 6.39 Å². The zero-order valence-electron chi connectivity index (χ0n) is 9.77. The summed E-state index contributed by atoms with van der Waals surface area (Å²) in [4.78, 5) is 15.0. The Morgan fingerprint density at radius 2 is 2.37 bits per heavy atom. The normalized spacial score (nSPS) is 13.4. The lowest BCUT2D eigenvalue weighted by Crippen LogP contribution is -2.25. The Morgan fingerprint density at radius 3 is 3.16 bits per heavy atom. The van der Waals surface area contributed by atoms with Gasteiger partial charge in [0.2, 0.25) is 0 Å². The number of benzene rings is 1. The summed E-state index contributed by atoms with van der Waals surface area (Å²) in [7, 11) is 0. The minimum atomic E-state index is -0.189. The molecule has 3 rings (SSSR count). The van der Waals surface area contributed by atoms with E-state index in [1.807, 2.05) is 0 Å². The maximum absolute atomic E-state index is 11.2. The zero-order chi connectivity index (χ0) is 13.2. The molecule has 98 valence electrons. The molecule has 19 heavy (non-hydrogen) atoms. The number of nitrogens with one attached hydrogen (secondary N) is 2. The lowest BCUT2D eigenvalue weighted by molar-refractivity contribution is -0.118. The van der Waals surface area contributed by atoms with Gasteiger partial charge in [-0.05, 0) is 6.07 Å². The van der Waals surface area contributed by atoms with Gasteiger partial charge in [-0.3, -0.25) is 4.79 Å². The Morgan fingerprint density at radius 1 is 1.47 bits per heavy atom. The molecule has 0 saturated carbocycles. The third kappa shape index (κ3) is 2.48. The number of oxazole rings is 1. The third-order valence-corrected chi connectivity index (χ3v) is 2.95. The molecule has 2 N–H and O–H groups in total. The Kier molecular flexibility index (Phi) is 3.00. The highest BCUT2D eigenvalue weighted by Crippen LogP contribution is 2.36. The van der Waals surface area contributed by atoms with Crippen molar-refractivity contribution in [2.24, 2.45) is 0 Å². The molecule has 7 heteroatoms. The number of hydrogen-bond donors (Lipinski definition) is 2. The number of carbonyl (C=O) groups is 1. The van der Waals surface area contributed by atoms with Crippen molar-refractivity contribution in [3.8, 4) is 5.75 Å². The van der Waals surface area contributed by atoms with Crippen molar-refractivity contribution in [2.45, 2.75) is 6.54 Å². The predicted octanol–water partition coefficient (Wildman–Crippen LogP) is 2.27. The molecule has 1 aromatic heterocycles. The summed E-state index contributed by atoms with van der Waals surface area (Å²) in [6, 6.07) is 3.39. The predicted molar refractivity (Wildman–Crippen MR) is 69.4 cm³/mol. The van der Waals surface area contributed by atoms with Gasteiger partial charge >= 0.3 is 0 Å². The number of fused-ring (bicyclic) bond motifs is 1. The number of ether oxygens (including phenoxy) is 1. The first-order valence-electron chi connectivity index (χ1n) is 5.60. The Balaban J connectivity index is 1.80. The van der Waals surface area contributed by atoms with Crippen molar-refractivity contribution >= 4 is 28.9 Å². The lowest BCUT2D eigenvalue weighted by atomic mass is 10.2. The van der Waals surface area contributed by atoms with E-state index in [2.05, 4.69) is 15.6 Å². The highest BCUT2D eigenvalue weighted by Gasteiger charge is 2.18. The molecule has 0 fully saturated rings. The minimum absolute atomic E-state index is 0.0101. The van der Waals surface area contributed by atoms with E-state index in [4.69, 9.17) is 20.8 Å². The Labute approximate surface area is 113 Å². The molecule has 0 spiro atoms. The largest absolute Gasteiger partial charge is 0.482 e. The topological polar surface area (TPSA) is 76.4 Å². The summed E-state index contributed by atoms with van der Waals surface area (Å²) in [5, 5.41) is 6.30. The zero-order valence-corrected chi connectivity index (χ0v) is 10.5. The molecule has 0 saturated heterocycles. The summed E-state index contributed by atoms with van der Waals surface area (Å²) in [6.07, 6.45) is 2.99. The van der Waals surface area contributed by atoms with E-state index in [0.717, 1.165) is 0 Å². The van der Waals surface area contributed by atoms with Crippen LogP contribution in [0.1, 0.15) is 5.76 Å². The van der Waals surface area contributed by atoms with Gasteiger partial charge in [-0.1, -0.05) is 11.6 Å². The van der Waals surface area contributed by atoms with Crippen LogP contribution < -0.4 is 15.4 Å². The third-order valence-electron chi connectivity index (χ3n) is 2.64. The average Bonchev–Trinajstić information content (AvgIpc) is 2.89. The minimum Gasteiger partial charge on any atom is -0.482 e. The summed E-state index contributed by atoms with van der Waals surface area (Å²) in [6.45, 7) is 0.473. The molecule has 0 unspecified atom stereocenters. The summed E-state index contributed by atoms with van der Waals surface area (Å²) >= 11 is 6.13. The number of carbonyl (C=O) groups excluding carboxylic acids is 1. The molecular formula is C12H10ClN3O3. The fourth-order valence-corrected chi connectivity index (χ4v) is 1.98. The van der Waals surface area contributed by atoms with Gasteiger partial charge in [0.1, 0.15) is 11.5 Å². The van der Waals surface area contributed by atoms with Gasteiger partial charge < -0.3 is 19.8 Å². The molecule has 0 bridgehead atoms. The first-order chi connectivity index (χ1) is 9.22. The standard InChI is InChI=1S/C12H10ClN3O3/c13-8-1-10-11(18-5-12(17)16-10)2-9(8)15-4-7-3-14-6-19-7/h1-3,6,15H,4-5H2,(H,16,17). The van der Waals surface area contributed by atoms with E-state index < -0.39 is 0 Å². The second kappa shape index (κ2) is 4.81. The number of hydrogen-bond acceptors (Lipinski definition) is 5. The first kappa shape index (κ1) is 11.9. The van der Waals surface area contributed by atoms with Crippen LogP contribution in [0.2, 0.25) is 5.02 Å². The SMILES string of the molecule is O=C1COc2cc(NCc3cnco3)c(Cl)cc2N1. The van der Waals surface area contributed by atoms with Crippen molar-refractivity contribution in [1.29, 1.82) is 0 Å². The van der Waals surface area contributed by atoms with E-state index in [1.54, 1.807) is 18.3 Å². The molecule has 6 nitrogen and oxygen atoms in total. The number of halogens is 1. The van der Waals surface area contributed by atoms with Crippen LogP contribution in [0.25, 0.3) is 0 Å². The average molecular weight is 280 g/mol. The number of anilines is 2.